The summed E-state index contributed by atoms with van der Waals surface area (Å²) in [4.78, 5) is 14.0. The molecule has 0 aromatic rings. The fourth-order valence-electron chi connectivity index (χ4n) is 1.68. The van der Waals surface area contributed by atoms with E-state index in [2.05, 4.69) is 24.2 Å². The maximum atomic E-state index is 11.7. The van der Waals surface area contributed by atoms with Gasteiger partial charge >= 0.3 is 0 Å². The van der Waals surface area contributed by atoms with Crippen LogP contribution in [0, 0.1) is 5.92 Å². The Kier molecular flexibility index (Phi) is 5.22. The summed E-state index contributed by atoms with van der Waals surface area (Å²) in [7, 11) is 2.11. The van der Waals surface area contributed by atoms with E-state index in [0.29, 0.717) is 6.54 Å². The topological polar surface area (TPSA) is 58.4 Å². The molecular formula is C12H25N3O. The van der Waals surface area contributed by atoms with E-state index in [-0.39, 0.29) is 17.9 Å². The third-order valence-corrected chi connectivity index (χ3v) is 3.49. The van der Waals surface area contributed by atoms with Crippen LogP contribution in [0.25, 0.3) is 0 Å². The monoisotopic (exact) mass is 227 g/mol. The fraction of sp³-hybridized carbons (Fsp3) is 0.917. The zero-order valence-corrected chi connectivity index (χ0v) is 10.7. The number of hydrogen-bond acceptors (Lipinski definition) is 3. The minimum Gasteiger partial charge on any atom is -0.353 e. The van der Waals surface area contributed by atoms with Gasteiger partial charge in [-0.15, -0.1) is 0 Å². The highest BCUT2D eigenvalue weighted by Crippen LogP contribution is 2.24. The molecule has 0 heterocycles. The molecule has 0 bridgehead atoms. The lowest BCUT2D eigenvalue weighted by Crippen LogP contribution is -2.46. The first-order chi connectivity index (χ1) is 7.56. The van der Waals surface area contributed by atoms with Crippen molar-refractivity contribution in [2.24, 2.45) is 11.7 Å². The Labute approximate surface area is 98.6 Å². The van der Waals surface area contributed by atoms with E-state index in [0.717, 1.165) is 19.0 Å². The van der Waals surface area contributed by atoms with E-state index in [1.165, 1.54) is 12.8 Å². The summed E-state index contributed by atoms with van der Waals surface area (Å²) in [5.74, 6) is 0.236. The molecule has 1 rings (SSSR count). The molecule has 4 heteroatoms. The lowest BCUT2D eigenvalue weighted by atomic mass is 9.99. The van der Waals surface area contributed by atoms with Gasteiger partial charge in [0.1, 0.15) is 0 Å². The Morgan fingerprint density at radius 3 is 2.69 bits per heavy atom. The molecule has 3 N–H and O–H groups in total. The first kappa shape index (κ1) is 13.5. The van der Waals surface area contributed by atoms with Crippen molar-refractivity contribution in [1.29, 1.82) is 0 Å². The first-order valence-corrected chi connectivity index (χ1v) is 6.29. The number of carbonyl (C=O) groups excluding carboxylic acids is 1. The molecule has 0 radical (unpaired) electrons. The van der Waals surface area contributed by atoms with Crippen molar-refractivity contribution in [3.8, 4) is 0 Å². The summed E-state index contributed by atoms with van der Waals surface area (Å²) < 4.78 is 0. The van der Waals surface area contributed by atoms with Gasteiger partial charge < -0.3 is 16.0 Å². The molecule has 1 unspecified atom stereocenters. The van der Waals surface area contributed by atoms with E-state index >= 15 is 0 Å². The van der Waals surface area contributed by atoms with Crippen LogP contribution in [0.1, 0.15) is 33.1 Å². The molecule has 0 aromatic heterocycles. The number of hydrogen-bond donors (Lipinski definition) is 2. The Hall–Kier alpha value is -0.610. The minimum atomic E-state index is -0.365. The molecule has 0 aromatic carbocycles. The van der Waals surface area contributed by atoms with E-state index in [1.54, 1.807) is 0 Å². The van der Waals surface area contributed by atoms with Crippen molar-refractivity contribution < 1.29 is 4.79 Å². The Balaban J connectivity index is 2.13. The summed E-state index contributed by atoms with van der Waals surface area (Å²) in [6.07, 6.45) is 3.55. The average Bonchev–Trinajstić information content (AvgIpc) is 3.10. The molecule has 1 fully saturated rings. The number of likely N-dealkylation sites (N-methyl/N-ethyl adjacent to an activating group) is 1. The fourth-order valence-corrected chi connectivity index (χ4v) is 1.68. The summed E-state index contributed by atoms with van der Waals surface area (Å²) in [6, 6.07) is 0.386. The smallest absolute Gasteiger partial charge is 0.237 e. The third kappa shape index (κ3) is 4.10. The van der Waals surface area contributed by atoms with E-state index < -0.39 is 0 Å². The number of amides is 1. The first-order valence-electron chi connectivity index (χ1n) is 6.29. The van der Waals surface area contributed by atoms with Crippen LogP contribution in [0.4, 0.5) is 0 Å². The van der Waals surface area contributed by atoms with Gasteiger partial charge in [0.2, 0.25) is 5.91 Å². The van der Waals surface area contributed by atoms with Gasteiger partial charge in [-0.2, -0.15) is 0 Å². The predicted octanol–water partition coefficient (Wildman–Crippen LogP) is 0.570. The Morgan fingerprint density at radius 2 is 2.19 bits per heavy atom. The molecule has 4 nitrogen and oxygen atoms in total. The second-order valence-electron chi connectivity index (χ2n) is 4.91. The molecule has 0 aliphatic heterocycles. The normalized spacial score (nSPS) is 19.6. The summed E-state index contributed by atoms with van der Waals surface area (Å²) >= 11 is 0. The average molecular weight is 227 g/mol. The van der Waals surface area contributed by atoms with Gasteiger partial charge in [-0.3, -0.25) is 4.79 Å². The van der Waals surface area contributed by atoms with Crippen molar-refractivity contribution in [2.75, 3.05) is 20.1 Å². The van der Waals surface area contributed by atoms with Crippen LogP contribution in [-0.2, 0) is 4.79 Å². The lowest BCUT2D eigenvalue weighted by molar-refractivity contribution is -0.123. The standard InChI is InChI=1S/C12H25N3O/c1-4-9(2)11(13)12(16)14-7-8-15(3)10-5-6-10/h9-11H,4-8,13H2,1-3H3,(H,14,16)/t9?,11-/m0/s1. The highest BCUT2D eigenvalue weighted by molar-refractivity contribution is 5.81. The molecule has 1 saturated carbocycles. The number of nitrogens with two attached hydrogens (primary N) is 1. The maximum Gasteiger partial charge on any atom is 0.237 e. The van der Waals surface area contributed by atoms with Crippen molar-refractivity contribution in [3.63, 3.8) is 0 Å². The number of nitrogens with one attached hydrogen (secondary N) is 1. The maximum absolute atomic E-state index is 11.7. The molecule has 1 aliphatic carbocycles. The number of carbonyl (C=O) groups is 1. The van der Waals surface area contributed by atoms with Gasteiger partial charge in [0.05, 0.1) is 6.04 Å². The Bertz CT molecular complexity index is 228. The van der Waals surface area contributed by atoms with Crippen molar-refractivity contribution in [2.45, 2.75) is 45.2 Å². The molecule has 94 valence electrons. The van der Waals surface area contributed by atoms with Gasteiger partial charge in [-0.1, -0.05) is 20.3 Å². The number of rotatable bonds is 7. The molecule has 1 aliphatic rings. The van der Waals surface area contributed by atoms with E-state index in [4.69, 9.17) is 5.73 Å². The van der Waals surface area contributed by atoms with Crippen LogP contribution in [0.15, 0.2) is 0 Å². The van der Waals surface area contributed by atoms with E-state index in [9.17, 15) is 4.79 Å². The van der Waals surface area contributed by atoms with Crippen molar-refractivity contribution >= 4 is 5.91 Å². The van der Waals surface area contributed by atoms with Gasteiger partial charge in [-0.05, 0) is 25.8 Å². The molecular weight excluding hydrogens is 202 g/mol. The molecule has 2 atom stereocenters. The largest absolute Gasteiger partial charge is 0.353 e. The van der Waals surface area contributed by atoms with Gasteiger partial charge in [0, 0.05) is 19.1 Å². The van der Waals surface area contributed by atoms with E-state index in [1.807, 2.05) is 6.92 Å². The van der Waals surface area contributed by atoms with Gasteiger partial charge in [0.15, 0.2) is 0 Å². The van der Waals surface area contributed by atoms with Gasteiger partial charge in [-0.25, -0.2) is 0 Å². The third-order valence-electron chi connectivity index (χ3n) is 3.49. The highest BCUT2D eigenvalue weighted by atomic mass is 16.2. The Morgan fingerprint density at radius 1 is 1.56 bits per heavy atom. The van der Waals surface area contributed by atoms with Crippen LogP contribution >= 0.6 is 0 Å². The van der Waals surface area contributed by atoms with Gasteiger partial charge in [0.25, 0.3) is 0 Å². The number of nitrogens with zero attached hydrogens (tertiary/aromatic N) is 1. The molecule has 0 saturated heterocycles. The molecule has 0 spiro atoms. The predicted molar refractivity (Wildman–Crippen MR) is 66.1 cm³/mol. The minimum absolute atomic E-state index is 0.0152. The molecule has 16 heavy (non-hydrogen) atoms. The van der Waals surface area contributed by atoms with Crippen LogP contribution in [0.3, 0.4) is 0 Å². The summed E-state index contributed by atoms with van der Waals surface area (Å²) in [5.41, 5.74) is 5.83. The van der Waals surface area contributed by atoms with Crippen LogP contribution in [0.5, 0.6) is 0 Å². The highest BCUT2D eigenvalue weighted by Gasteiger charge is 2.25. The zero-order chi connectivity index (χ0) is 12.1. The SMILES string of the molecule is CCC(C)[C@H](N)C(=O)NCCN(C)C1CC1. The molecule has 1 amide bonds. The van der Waals surface area contributed by atoms with Crippen LogP contribution in [0.2, 0.25) is 0 Å². The van der Waals surface area contributed by atoms with Crippen molar-refractivity contribution in [3.05, 3.63) is 0 Å². The van der Waals surface area contributed by atoms with Crippen LogP contribution in [-0.4, -0.2) is 43.0 Å². The second kappa shape index (κ2) is 6.21. The summed E-state index contributed by atoms with van der Waals surface area (Å²) in [6.45, 7) is 5.69. The quantitative estimate of drug-likeness (QED) is 0.668. The lowest BCUT2D eigenvalue weighted by Gasteiger charge is -2.20. The zero-order valence-electron chi connectivity index (χ0n) is 10.7. The summed E-state index contributed by atoms with van der Waals surface area (Å²) in [5, 5.41) is 2.91. The van der Waals surface area contributed by atoms with Crippen LogP contribution < -0.4 is 11.1 Å². The second-order valence-corrected chi connectivity index (χ2v) is 4.91. The van der Waals surface area contributed by atoms with Crippen molar-refractivity contribution in [1.82, 2.24) is 10.2 Å².